The molecule has 0 aliphatic carbocycles. The molecule has 94 valence electrons. The van der Waals surface area contributed by atoms with Gasteiger partial charge in [0.1, 0.15) is 5.76 Å². The van der Waals surface area contributed by atoms with Gasteiger partial charge in [-0.1, -0.05) is 0 Å². The minimum Gasteiger partial charge on any atom is -0.467 e. The van der Waals surface area contributed by atoms with Crippen LogP contribution in [-0.2, 0) is 11.3 Å². The molecule has 0 saturated carbocycles. The van der Waals surface area contributed by atoms with Crippen molar-refractivity contribution in [3.05, 3.63) is 24.2 Å². The lowest BCUT2D eigenvalue weighted by Gasteiger charge is -2.22. The highest BCUT2D eigenvalue weighted by atomic mass is 16.5. The summed E-state index contributed by atoms with van der Waals surface area (Å²) in [6.07, 6.45) is 3.65. The molecule has 2 amide bonds. The van der Waals surface area contributed by atoms with Crippen LogP contribution in [0.5, 0.6) is 0 Å². The molecule has 1 aliphatic heterocycles. The Balaban J connectivity index is 1.60. The number of carbonyl (C=O) groups excluding carboxylic acids is 1. The number of carbonyl (C=O) groups is 1. The second-order valence-electron chi connectivity index (χ2n) is 4.20. The number of urea groups is 1. The van der Waals surface area contributed by atoms with E-state index in [9.17, 15) is 4.79 Å². The van der Waals surface area contributed by atoms with Gasteiger partial charge in [-0.25, -0.2) is 4.79 Å². The fraction of sp³-hybridized carbons (Fsp3) is 0.583. The molecule has 0 aromatic carbocycles. The Labute approximate surface area is 101 Å². The molecule has 0 atom stereocenters. The molecule has 2 N–H and O–H groups in total. The first kappa shape index (κ1) is 12.0. The van der Waals surface area contributed by atoms with E-state index in [0.717, 1.165) is 31.8 Å². The molecule has 1 aliphatic rings. The minimum absolute atomic E-state index is 0.145. The van der Waals surface area contributed by atoms with Crippen molar-refractivity contribution < 1.29 is 13.9 Å². The van der Waals surface area contributed by atoms with Gasteiger partial charge in [-0.05, 0) is 30.9 Å². The SMILES string of the molecule is O=C(NCc1ccco1)NCC1CCOCC1. The molecule has 1 saturated heterocycles. The Morgan fingerprint density at radius 3 is 2.88 bits per heavy atom. The number of hydrogen-bond donors (Lipinski definition) is 2. The molecule has 0 radical (unpaired) electrons. The van der Waals surface area contributed by atoms with Crippen LogP contribution in [0.15, 0.2) is 22.8 Å². The molecule has 5 heteroatoms. The number of furan rings is 1. The van der Waals surface area contributed by atoms with Crippen LogP contribution >= 0.6 is 0 Å². The summed E-state index contributed by atoms with van der Waals surface area (Å²) in [6, 6.07) is 3.49. The van der Waals surface area contributed by atoms with Crippen molar-refractivity contribution >= 4 is 6.03 Å². The average Bonchev–Trinajstić information content (AvgIpc) is 2.88. The number of hydrogen-bond acceptors (Lipinski definition) is 3. The smallest absolute Gasteiger partial charge is 0.315 e. The molecule has 2 heterocycles. The van der Waals surface area contributed by atoms with E-state index in [-0.39, 0.29) is 6.03 Å². The van der Waals surface area contributed by atoms with Gasteiger partial charge in [-0.2, -0.15) is 0 Å². The minimum atomic E-state index is -0.145. The first-order valence-electron chi connectivity index (χ1n) is 5.96. The normalized spacial score (nSPS) is 16.7. The Morgan fingerprint density at radius 2 is 2.18 bits per heavy atom. The second-order valence-corrected chi connectivity index (χ2v) is 4.20. The Bertz CT molecular complexity index is 332. The van der Waals surface area contributed by atoms with Crippen LogP contribution in [0.3, 0.4) is 0 Å². The van der Waals surface area contributed by atoms with Crippen molar-refractivity contribution in [3.8, 4) is 0 Å². The largest absolute Gasteiger partial charge is 0.467 e. The summed E-state index contributed by atoms with van der Waals surface area (Å²) in [5.41, 5.74) is 0. The van der Waals surface area contributed by atoms with Gasteiger partial charge in [-0.15, -0.1) is 0 Å². The molecule has 1 aromatic heterocycles. The van der Waals surface area contributed by atoms with Crippen LogP contribution in [-0.4, -0.2) is 25.8 Å². The fourth-order valence-electron chi connectivity index (χ4n) is 1.83. The Morgan fingerprint density at radius 1 is 1.35 bits per heavy atom. The third-order valence-corrected chi connectivity index (χ3v) is 2.90. The van der Waals surface area contributed by atoms with Crippen molar-refractivity contribution in [2.24, 2.45) is 5.92 Å². The van der Waals surface area contributed by atoms with Gasteiger partial charge in [0.15, 0.2) is 0 Å². The van der Waals surface area contributed by atoms with E-state index < -0.39 is 0 Å². The van der Waals surface area contributed by atoms with E-state index in [2.05, 4.69) is 10.6 Å². The maximum atomic E-state index is 11.5. The summed E-state index contributed by atoms with van der Waals surface area (Å²) in [5.74, 6) is 1.30. The van der Waals surface area contributed by atoms with Crippen LogP contribution in [0, 0.1) is 5.92 Å². The van der Waals surface area contributed by atoms with E-state index in [1.165, 1.54) is 0 Å². The Hall–Kier alpha value is -1.49. The Kier molecular flexibility index (Phi) is 4.44. The highest BCUT2D eigenvalue weighted by Gasteiger charge is 2.14. The zero-order valence-corrected chi connectivity index (χ0v) is 9.78. The van der Waals surface area contributed by atoms with Gasteiger partial charge in [-0.3, -0.25) is 0 Å². The third-order valence-electron chi connectivity index (χ3n) is 2.90. The first-order valence-corrected chi connectivity index (χ1v) is 5.96. The van der Waals surface area contributed by atoms with Crippen molar-refractivity contribution in [3.63, 3.8) is 0 Å². The lowest BCUT2D eigenvalue weighted by Crippen LogP contribution is -2.38. The molecular formula is C12H18N2O3. The van der Waals surface area contributed by atoms with Gasteiger partial charge in [0.05, 0.1) is 12.8 Å². The maximum Gasteiger partial charge on any atom is 0.315 e. The van der Waals surface area contributed by atoms with E-state index in [1.807, 2.05) is 6.07 Å². The molecular weight excluding hydrogens is 220 g/mol. The number of nitrogens with one attached hydrogen (secondary N) is 2. The van der Waals surface area contributed by atoms with Crippen LogP contribution < -0.4 is 10.6 Å². The summed E-state index contributed by atoms with van der Waals surface area (Å²) in [7, 11) is 0. The summed E-state index contributed by atoms with van der Waals surface area (Å²) < 4.78 is 10.4. The van der Waals surface area contributed by atoms with Crippen molar-refractivity contribution in [2.75, 3.05) is 19.8 Å². The summed E-state index contributed by atoms with van der Waals surface area (Å²) in [4.78, 5) is 11.5. The predicted molar refractivity (Wildman–Crippen MR) is 62.5 cm³/mol. The molecule has 0 bridgehead atoms. The summed E-state index contributed by atoms with van der Waals surface area (Å²) >= 11 is 0. The van der Waals surface area contributed by atoms with Crippen LogP contribution in [0.1, 0.15) is 18.6 Å². The van der Waals surface area contributed by atoms with Gasteiger partial charge >= 0.3 is 6.03 Å². The zero-order valence-electron chi connectivity index (χ0n) is 9.78. The van der Waals surface area contributed by atoms with E-state index in [4.69, 9.17) is 9.15 Å². The van der Waals surface area contributed by atoms with Crippen molar-refractivity contribution in [2.45, 2.75) is 19.4 Å². The van der Waals surface area contributed by atoms with Crippen molar-refractivity contribution in [1.29, 1.82) is 0 Å². The topological polar surface area (TPSA) is 63.5 Å². The zero-order chi connectivity index (χ0) is 11.9. The lowest BCUT2D eigenvalue weighted by molar-refractivity contribution is 0.0669. The monoisotopic (exact) mass is 238 g/mol. The quantitative estimate of drug-likeness (QED) is 0.835. The molecule has 1 fully saturated rings. The highest BCUT2D eigenvalue weighted by Crippen LogP contribution is 2.12. The lowest BCUT2D eigenvalue weighted by atomic mass is 10.0. The van der Waals surface area contributed by atoms with E-state index in [0.29, 0.717) is 19.0 Å². The van der Waals surface area contributed by atoms with Crippen LogP contribution in [0.2, 0.25) is 0 Å². The summed E-state index contributed by atoms with van der Waals surface area (Å²) in [5, 5.41) is 5.62. The molecule has 0 spiro atoms. The first-order chi connectivity index (χ1) is 8.34. The molecule has 2 rings (SSSR count). The van der Waals surface area contributed by atoms with Gasteiger partial charge in [0.25, 0.3) is 0 Å². The van der Waals surface area contributed by atoms with Gasteiger partial charge in [0.2, 0.25) is 0 Å². The van der Waals surface area contributed by atoms with Crippen LogP contribution in [0.25, 0.3) is 0 Å². The standard InChI is InChI=1S/C12H18N2O3/c15-12(14-9-11-2-1-5-17-11)13-8-10-3-6-16-7-4-10/h1-2,5,10H,3-4,6-9H2,(H2,13,14,15). The second kappa shape index (κ2) is 6.30. The molecule has 1 aromatic rings. The highest BCUT2D eigenvalue weighted by molar-refractivity contribution is 5.73. The van der Waals surface area contributed by atoms with E-state index in [1.54, 1.807) is 12.3 Å². The van der Waals surface area contributed by atoms with Gasteiger partial charge < -0.3 is 19.8 Å². The number of rotatable bonds is 4. The van der Waals surface area contributed by atoms with Crippen molar-refractivity contribution in [1.82, 2.24) is 10.6 Å². The molecule has 5 nitrogen and oxygen atoms in total. The van der Waals surface area contributed by atoms with Gasteiger partial charge in [0, 0.05) is 19.8 Å². The maximum absolute atomic E-state index is 11.5. The number of amides is 2. The van der Waals surface area contributed by atoms with E-state index >= 15 is 0 Å². The average molecular weight is 238 g/mol. The third kappa shape index (κ3) is 4.11. The molecule has 17 heavy (non-hydrogen) atoms. The number of ether oxygens (including phenoxy) is 1. The fourth-order valence-corrected chi connectivity index (χ4v) is 1.83. The predicted octanol–water partition coefficient (Wildman–Crippen LogP) is 1.51. The molecule has 0 unspecified atom stereocenters. The summed E-state index contributed by atoms with van der Waals surface area (Å²) in [6.45, 7) is 2.75. The van der Waals surface area contributed by atoms with Crippen LogP contribution in [0.4, 0.5) is 4.79 Å².